The molecule has 4 saturated carbocycles. The minimum absolute atomic E-state index is 0.143. The molecule has 4 aliphatic carbocycles. The van der Waals surface area contributed by atoms with Gasteiger partial charge in [0.25, 0.3) is 0 Å². The number of rotatable bonds is 1. The summed E-state index contributed by atoms with van der Waals surface area (Å²) in [6.45, 7) is 1.49. The van der Waals surface area contributed by atoms with Crippen LogP contribution in [0.25, 0.3) is 0 Å². The Labute approximate surface area is 189 Å². The highest BCUT2D eigenvalue weighted by Gasteiger charge is 2.51. The lowest BCUT2D eigenvalue weighted by Crippen LogP contribution is -2.59. The second kappa shape index (κ2) is 6.83. The highest BCUT2D eigenvalue weighted by atomic mass is 35.5. The van der Waals surface area contributed by atoms with Crippen molar-refractivity contribution < 1.29 is 4.79 Å². The third-order valence-corrected chi connectivity index (χ3v) is 9.86. The molecule has 160 valence electrons. The van der Waals surface area contributed by atoms with Crippen LogP contribution in [-0.2, 0) is 5.54 Å². The first kappa shape index (κ1) is 19.4. The molecule has 1 aromatic carbocycles. The first-order chi connectivity index (χ1) is 14.5. The fourth-order valence-corrected chi connectivity index (χ4v) is 8.47. The Morgan fingerprint density at radius 2 is 1.73 bits per heavy atom. The van der Waals surface area contributed by atoms with Crippen molar-refractivity contribution in [1.82, 2.24) is 15.1 Å². The first-order valence-electron chi connectivity index (χ1n) is 11.6. The van der Waals surface area contributed by atoms with Crippen molar-refractivity contribution in [2.24, 2.45) is 23.7 Å². The standard InChI is InChI=1S/C24H30ClN3OS/c1-27-22(30)18-3-2-4-19(25)20(18)24(27)5-7-28(8-6-24)23(29)26-21-16-10-14-9-15(12-16)13-17(21)11-14/h2-4,14-17,21H,5-13H2,1H3,(H,26,29). The second-order valence-corrected chi connectivity index (χ2v) is 11.2. The van der Waals surface area contributed by atoms with Crippen LogP contribution in [0.2, 0.25) is 5.02 Å². The van der Waals surface area contributed by atoms with Crippen LogP contribution in [0, 0.1) is 23.7 Å². The van der Waals surface area contributed by atoms with E-state index < -0.39 is 0 Å². The van der Waals surface area contributed by atoms with Crippen molar-refractivity contribution in [3.05, 3.63) is 34.3 Å². The van der Waals surface area contributed by atoms with Crippen LogP contribution in [0.15, 0.2) is 18.2 Å². The Morgan fingerprint density at radius 3 is 2.37 bits per heavy atom. The first-order valence-corrected chi connectivity index (χ1v) is 12.4. The van der Waals surface area contributed by atoms with Gasteiger partial charge in [-0.25, -0.2) is 4.79 Å². The van der Waals surface area contributed by atoms with Gasteiger partial charge in [-0.3, -0.25) is 0 Å². The van der Waals surface area contributed by atoms with Gasteiger partial charge in [-0.05, 0) is 74.7 Å². The van der Waals surface area contributed by atoms with Crippen molar-refractivity contribution in [1.29, 1.82) is 0 Å². The Bertz CT molecular complexity index is 882. The molecular weight excluding hydrogens is 414 g/mol. The number of piperidine rings is 1. The van der Waals surface area contributed by atoms with Crippen LogP contribution in [0.3, 0.4) is 0 Å². The van der Waals surface area contributed by atoms with E-state index in [9.17, 15) is 4.79 Å². The molecule has 4 bridgehead atoms. The number of halogens is 1. The third-order valence-electron chi connectivity index (χ3n) is 9.05. The van der Waals surface area contributed by atoms with Crippen LogP contribution < -0.4 is 5.32 Å². The van der Waals surface area contributed by atoms with Gasteiger partial charge in [-0.1, -0.05) is 36.0 Å². The van der Waals surface area contributed by atoms with E-state index in [0.717, 1.165) is 53.3 Å². The van der Waals surface area contributed by atoms with Gasteiger partial charge in [-0.2, -0.15) is 0 Å². The largest absolute Gasteiger partial charge is 0.355 e. The minimum Gasteiger partial charge on any atom is -0.355 e. The van der Waals surface area contributed by atoms with Gasteiger partial charge >= 0.3 is 6.03 Å². The average molecular weight is 444 g/mol. The predicted molar refractivity (Wildman–Crippen MR) is 123 cm³/mol. The fraction of sp³-hybridized carbons (Fsp3) is 0.667. The third kappa shape index (κ3) is 2.70. The molecule has 6 heteroatoms. The number of amides is 2. The molecule has 2 heterocycles. The van der Waals surface area contributed by atoms with E-state index in [4.69, 9.17) is 23.8 Å². The number of nitrogens with one attached hydrogen (secondary N) is 1. The second-order valence-electron chi connectivity index (χ2n) is 10.5. The van der Waals surface area contributed by atoms with Crippen molar-refractivity contribution in [2.45, 2.75) is 56.5 Å². The Hall–Kier alpha value is -1.33. The summed E-state index contributed by atoms with van der Waals surface area (Å²) in [5.41, 5.74) is 2.08. The van der Waals surface area contributed by atoms with E-state index in [-0.39, 0.29) is 11.6 Å². The molecule has 1 spiro atoms. The van der Waals surface area contributed by atoms with Crippen LogP contribution in [-0.4, -0.2) is 47.0 Å². The topological polar surface area (TPSA) is 35.6 Å². The number of hydrogen-bond acceptors (Lipinski definition) is 2. The van der Waals surface area contributed by atoms with Crippen LogP contribution >= 0.6 is 23.8 Å². The fourth-order valence-electron chi connectivity index (χ4n) is 7.78. The quantitative estimate of drug-likeness (QED) is 0.634. The maximum absolute atomic E-state index is 13.2. The molecule has 7 rings (SSSR count). The van der Waals surface area contributed by atoms with Crippen LogP contribution in [0.4, 0.5) is 4.79 Å². The minimum atomic E-state index is -0.176. The van der Waals surface area contributed by atoms with Gasteiger partial charge in [-0.15, -0.1) is 0 Å². The summed E-state index contributed by atoms with van der Waals surface area (Å²) in [5, 5.41) is 4.28. The molecule has 0 unspecified atom stereocenters. The summed E-state index contributed by atoms with van der Waals surface area (Å²) >= 11 is 12.4. The molecule has 0 atom stereocenters. The van der Waals surface area contributed by atoms with Crippen molar-refractivity contribution >= 4 is 34.8 Å². The van der Waals surface area contributed by atoms with Gasteiger partial charge in [0.2, 0.25) is 0 Å². The number of likely N-dealkylation sites (tertiary alicyclic amines) is 1. The number of urea groups is 1. The number of nitrogens with zero attached hydrogens (tertiary/aromatic N) is 2. The zero-order chi connectivity index (χ0) is 20.6. The molecule has 4 nitrogen and oxygen atoms in total. The highest BCUT2D eigenvalue weighted by molar-refractivity contribution is 7.80. The number of fused-ring (bicyclic) bond motifs is 2. The molecule has 1 aromatic rings. The SMILES string of the molecule is CN1C(=S)c2cccc(Cl)c2C12CCN(C(=O)NC1C3CC4CC(C3)CC1C4)CC2. The van der Waals surface area contributed by atoms with Crippen molar-refractivity contribution in [2.75, 3.05) is 20.1 Å². The van der Waals surface area contributed by atoms with Crippen molar-refractivity contribution in [3.63, 3.8) is 0 Å². The lowest BCUT2D eigenvalue weighted by atomic mass is 9.54. The number of hydrogen-bond donors (Lipinski definition) is 1. The van der Waals surface area contributed by atoms with Crippen molar-refractivity contribution in [3.8, 4) is 0 Å². The number of thiocarbonyl (C=S) groups is 1. The summed E-state index contributed by atoms with van der Waals surface area (Å²) in [6, 6.07) is 6.58. The van der Waals surface area contributed by atoms with Gasteiger partial charge in [0.15, 0.2) is 0 Å². The van der Waals surface area contributed by atoms with E-state index in [2.05, 4.69) is 23.3 Å². The summed E-state index contributed by atoms with van der Waals surface area (Å²) in [5.74, 6) is 3.29. The molecule has 0 aromatic heterocycles. The average Bonchev–Trinajstić information content (AvgIpc) is 2.94. The predicted octanol–water partition coefficient (Wildman–Crippen LogP) is 4.79. The lowest BCUT2D eigenvalue weighted by molar-refractivity contribution is -0.0119. The molecule has 6 aliphatic rings. The van der Waals surface area contributed by atoms with Gasteiger partial charge in [0, 0.05) is 42.3 Å². The molecule has 1 saturated heterocycles. The van der Waals surface area contributed by atoms with Gasteiger partial charge in [0.1, 0.15) is 4.99 Å². The molecule has 5 fully saturated rings. The summed E-state index contributed by atoms with van der Waals surface area (Å²) < 4.78 is 0. The lowest BCUT2D eigenvalue weighted by Gasteiger charge is -2.54. The molecule has 30 heavy (non-hydrogen) atoms. The zero-order valence-electron chi connectivity index (χ0n) is 17.6. The van der Waals surface area contributed by atoms with Gasteiger partial charge < -0.3 is 15.1 Å². The maximum atomic E-state index is 13.2. The van der Waals surface area contributed by atoms with E-state index in [1.54, 1.807) is 0 Å². The smallest absolute Gasteiger partial charge is 0.317 e. The van der Waals surface area contributed by atoms with E-state index in [1.165, 1.54) is 37.7 Å². The van der Waals surface area contributed by atoms with E-state index in [1.807, 2.05) is 17.0 Å². The van der Waals surface area contributed by atoms with E-state index in [0.29, 0.717) is 17.9 Å². The van der Waals surface area contributed by atoms with Gasteiger partial charge in [0.05, 0.1) is 5.54 Å². The molecular formula is C24H30ClN3OS. The molecule has 0 radical (unpaired) electrons. The summed E-state index contributed by atoms with van der Waals surface area (Å²) in [4.78, 5) is 18.3. The van der Waals surface area contributed by atoms with E-state index >= 15 is 0 Å². The Balaban J connectivity index is 1.16. The number of benzene rings is 1. The molecule has 1 N–H and O–H groups in total. The number of carbonyl (C=O) groups is 1. The maximum Gasteiger partial charge on any atom is 0.317 e. The highest BCUT2D eigenvalue weighted by Crippen LogP contribution is 2.54. The Kier molecular flexibility index (Phi) is 4.41. The summed E-state index contributed by atoms with van der Waals surface area (Å²) in [6.07, 6.45) is 8.51. The number of carbonyl (C=O) groups excluding carboxylic acids is 1. The Morgan fingerprint density at radius 1 is 1.10 bits per heavy atom. The van der Waals surface area contributed by atoms with Crippen LogP contribution in [0.1, 0.15) is 56.1 Å². The normalized spacial score (nSPS) is 35.8. The molecule has 2 amide bonds. The zero-order valence-corrected chi connectivity index (χ0v) is 19.1. The monoisotopic (exact) mass is 443 g/mol. The molecule has 2 aliphatic heterocycles. The summed E-state index contributed by atoms with van der Waals surface area (Å²) in [7, 11) is 2.09. The van der Waals surface area contributed by atoms with Crippen LogP contribution in [0.5, 0.6) is 0 Å².